The summed E-state index contributed by atoms with van der Waals surface area (Å²) >= 11 is 1.25. The average Bonchev–Trinajstić information content (AvgIpc) is 3.22. The molecule has 0 fully saturated rings. The van der Waals surface area contributed by atoms with E-state index in [2.05, 4.69) is 34.2 Å². The van der Waals surface area contributed by atoms with Gasteiger partial charge in [-0.2, -0.15) is 0 Å². The van der Waals surface area contributed by atoms with E-state index in [0.717, 1.165) is 17.7 Å². The van der Waals surface area contributed by atoms with Gasteiger partial charge >= 0.3 is 0 Å². The molecule has 4 rings (SSSR count). The topological polar surface area (TPSA) is 59.8 Å². The Kier molecular flexibility index (Phi) is 7.32. The quantitative estimate of drug-likeness (QED) is 0.262. The van der Waals surface area contributed by atoms with Crippen molar-refractivity contribution in [2.75, 3.05) is 11.1 Å². The Morgan fingerprint density at radius 3 is 2.52 bits per heavy atom. The van der Waals surface area contributed by atoms with Crippen LogP contribution < -0.4 is 5.32 Å². The van der Waals surface area contributed by atoms with Crippen LogP contribution in [0.5, 0.6) is 0 Å². The number of hydrogen-bond donors (Lipinski definition) is 1. The normalized spacial score (nSPS) is 10.7. The number of benzene rings is 3. The zero-order chi connectivity index (χ0) is 23.0. The zero-order valence-corrected chi connectivity index (χ0v) is 18.8. The van der Waals surface area contributed by atoms with Crippen LogP contribution in [0.25, 0.3) is 11.4 Å². The molecule has 0 bridgehead atoms. The van der Waals surface area contributed by atoms with Crippen molar-refractivity contribution in [3.8, 4) is 11.4 Å². The summed E-state index contributed by atoms with van der Waals surface area (Å²) in [5, 5.41) is 11.9. The first-order valence-corrected chi connectivity index (χ1v) is 11.5. The lowest BCUT2D eigenvalue weighted by Crippen LogP contribution is -2.16. The van der Waals surface area contributed by atoms with Gasteiger partial charge in [-0.3, -0.25) is 9.36 Å². The fourth-order valence-corrected chi connectivity index (χ4v) is 4.21. The van der Waals surface area contributed by atoms with Gasteiger partial charge in [0.2, 0.25) is 5.91 Å². The van der Waals surface area contributed by atoms with Crippen LogP contribution in [0.2, 0.25) is 0 Å². The van der Waals surface area contributed by atoms with Gasteiger partial charge in [-0.25, -0.2) is 4.39 Å². The second kappa shape index (κ2) is 10.7. The molecule has 0 aliphatic carbocycles. The molecular weight excluding hydrogens is 435 g/mol. The van der Waals surface area contributed by atoms with Crippen molar-refractivity contribution in [1.29, 1.82) is 0 Å². The van der Waals surface area contributed by atoms with Crippen molar-refractivity contribution in [3.63, 3.8) is 0 Å². The van der Waals surface area contributed by atoms with Crippen LogP contribution in [0.3, 0.4) is 0 Å². The Labute approximate surface area is 196 Å². The number of rotatable bonds is 9. The van der Waals surface area contributed by atoms with E-state index in [1.54, 1.807) is 28.8 Å². The van der Waals surface area contributed by atoms with E-state index in [1.807, 2.05) is 42.5 Å². The predicted octanol–water partition coefficient (Wildman–Crippen LogP) is 5.59. The Balaban J connectivity index is 1.46. The van der Waals surface area contributed by atoms with Crippen molar-refractivity contribution in [3.05, 3.63) is 108 Å². The summed E-state index contributed by atoms with van der Waals surface area (Å²) < 4.78 is 16.0. The van der Waals surface area contributed by atoms with Crippen LogP contribution in [-0.2, 0) is 17.8 Å². The first-order valence-electron chi connectivity index (χ1n) is 10.5. The van der Waals surface area contributed by atoms with E-state index < -0.39 is 0 Å². The highest BCUT2D eigenvalue weighted by molar-refractivity contribution is 7.99. The van der Waals surface area contributed by atoms with Crippen molar-refractivity contribution in [1.82, 2.24) is 14.8 Å². The lowest BCUT2D eigenvalue weighted by atomic mass is 10.0. The Morgan fingerprint density at radius 2 is 1.73 bits per heavy atom. The van der Waals surface area contributed by atoms with Crippen LogP contribution in [-0.4, -0.2) is 26.4 Å². The Bertz CT molecular complexity index is 1260. The lowest BCUT2D eigenvalue weighted by Gasteiger charge is -2.12. The molecule has 5 nitrogen and oxygen atoms in total. The second-order valence-electron chi connectivity index (χ2n) is 7.34. The maximum atomic E-state index is 14.3. The molecule has 3 aromatic carbocycles. The van der Waals surface area contributed by atoms with E-state index in [-0.39, 0.29) is 17.5 Å². The summed E-state index contributed by atoms with van der Waals surface area (Å²) in [6, 6.07) is 24.3. The van der Waals surface area contributed by atoms with E-state index in [0.29, 0.717) is 23.1 Å². The molecule has 166 valence electrons. The standard InChI is InChI=1S/C26H23FN4OS/c1-2-16-31-25(21-13-7-8-14-22(21)27)29-30-26(31)33-18-24(32)28-23-15-9-6-12-20(23)17-19-10-4-3-5-11-19/h2-15H,1,16-18H2,(H,28,32). The number of carbonyl (C=O) groups excluding carboxylic acids is 1. The highest BCUT2D eigenvalue weighted by Gasteiger charge is 2.17. The van der Waals surface area contributed by atoms with Crippen molar-refractivity contribution in [2.45, 2.75) is 18.1 Å². The van der Waals surface area contributed by atoms with Gasteiger partial charge in [0.25, 0.3) is 0 Å². The Morgan fingerprint density at radius 1 is 1.00 bits per heavy atom. The molecule has 1 aromatic heterocycles. The molecule has 0 unspecified atom stereocenters. The smallest absolute Gasteiger partial charge is 0.234 e. The number of aromatic nitrogens is 3. The van der Waals surface area contributed by atoms with Gasteiger partial charge in [0.05, 0.1) is 11.3 Å². The number of allylic oxidation sites excluding steroid dienone is 1. The van der Waals surface area contributed by atoms with Gasteiger partial charge in [-0.15, -0.1) is 16.8 Å². The molecular formula is C26H23FN4OS. The number of carbonyl (C=O) groups is 1. The molecule has 1 amide bonds. The van der Waals surface area contributed by atoms with E-state index in [4.69, 9.17) is 0 Å². The number of nitrogens with one attached hydrogen (secondary N) is 1. The van der Waals surface area contributed by atoms with Crippen molar-refractivity contribution < 1.29 is 9.18 Å². The van der Waals surface area contributed by atoms with Crippen molar-refractivity contribution >= 4 is 23.4 Å². The monoisotopic (exact) mass is 458 g/mol. The molecule has 0 saturated carbocycles. The summed E-state index contributed by atoms with van der Waals surface area (Å²) in [6.45, 7) is 4.17. The largest absolute Gasteiger partial charge is 0.325 e. The molecule has 1 heterocycles. The average molecular weight is 459 g/mol. The minimum atomic E-state index is -0.375. The number of para-hydroxylation sites is 1. The zero-order valence-electron chi connectivity index (χ0n) is 17.9. The van der Waals surface area contributed by atoms with Crippen LogP contribution in [0, 0.1) is 5.82 Å². The number of thioether (sulfide) groups is 1. The van der Waals surface area contributed by atoms with Gasteiger partial charge in [0.15, 0.2) is 11.0 Å². The highest BCUT2D eigenvalue weighted by Crippen LogP contribution is 2.26. The summed E-state index contributed by atoms with van der Waals surface area (Å²) in [5.41, 5.74) is 3.36. The maximum absolute atomic E-state index is 14.3. The Hall–Kier alpha value is -3.71. The number of anilines is 1. The predicted molar refractivity (Wildman–Crippen MR) is 131 cm³/mol. The third kappa shape index (κ3) is 5.56. The van der Waals surface area contributed by atoms with Gasteiger partial charge in [-0.05, 0) is 35.7 Å². The maximum Gasteiger partial charge on any atom is 0.234 e. The molecule has 1 N–H and O–H groups in total. The summed E-state index contributed by atoms with van der Waals surface area (Å²) in [5.74, 6) is 0.0245. The highest BCUT2D eigenvalue weighted by atomic mass is 32.2. The molecule has 0 spiro atoms. The molecule has 7 heteroatoms. The SMILES string of the molecule is C=CCn1c(SCC(=O)Nc2ccccc2Cc2ccccc2)nnc1-c1ccccc1F. The summed E-state index contributed by atoms with van der Waals surface area (Å²) in [6.07, 6.45) is 2.42. The molecule has 0 atom stereocenters. The second-order valence-corrected chi connectivity index (χ2v) is 8.28. The minimum absolute atomic E-state index is 0.145. The van der Waals surface area contributed by atoms with Gasteiger partial charge < -0.3 is 5.32 Å². The third-order valence-corrected chi connectivity index (χ3v) is 5.97. The van der Waals surface area contributed by atoms with Crippen LogP contribution in [0.4, 0.5) is 10.1 Å². The number of nitrogens with zero attached hydrogens (tertiary/aromatic N) is 3. The van der Waals surface area contributed by atoms with Gasteiger partial charge in [-0.1, -0.05) is 78.5 Å². The van der Waals surface area contributed by atoms with Gasteiger partial charge in [0, 0.05) is 12.2 Å². The molecule has 0 radical (unpaired) electrons. The van der Waals surface area contributed by atoms with E-state index >= 15 is 0 Å². The van der Waals surface area contributed by atoms with Crippen LogP contribution in [0.1, 0.15) is 11.1 Å². The number of halogens is 1. The van der Waals surface area contributed by atoms with Crippen molar-refractivity contribution in [2.24, 2.45) is 0 Å². The number of hydrogen-bond acceptors (Lipinski definition) is 4. The van der Waals surface area contributed by atoms with E-state index in [1.165, 1.54) is 23.4 Å². The third-order valence-electron chi connectivity index (χ3n) is 5.00. The molecule has 4 aromatic rings. The molecule has 33 heavy (non-hydrogen) atoms. The fourth-order valence-electron chi connectivity index (χ4n) is 3.46. The molecule has 0 aliphatic heterocycles. The summed E-state index contributed by atoms with van der Waals surface area (Å²) in [4.78, 5) is 12.7. The van der Waals surface area contributed by atoms with E-state index in [9.17, 15) is 9.18 Å². The lowest BCUT2D eigenvalue weighted by molar-refractivity contribution is -0.113. The van der Waals surface area contributed by atoms with Crippen LogP contribution >= 0.6 is 11.8 Å². The minimum Gasteiger partial charge on any atom is -0.325 e. The molecule has 0 saturated heterocycles. The summed E-state index contributed by atoms with van der Waals surface area (Å²) in [7, 11) is 0. The first kappa shape index (κ1) is 22.5. The first-order chi connectivity index (χ1) is 16.2. The molecule has 0 aliphatic rings. The fraction of sp³-hybridized carbons (Fsp3) is 0.115. The number of amides is 1. The van der Waals surface area contributed by atoms with Crippen LogP contribution in [0.15, 0.2) is 96.7 Å². The van der Waals surface area contributed by atoms with Gasteiger partial charge in [0.1, 0.15) is 5.82 Å².